The lowest BCUT2D eigenvalue weighted by molar-refractivity contribution is 0.414. The fraction of sp³-hybridized carbons (Fsp3) is 0.120. The van der Waals surface area contributed by atoms with Crippen LogP contribution in [0.5, 0.6) is 5.75 Å². The van der Waals surface area contributed by atoms with Crippen LogP contribution in [0.4, 0.5) is 11.5 Å². The maximum absolute atomic E-state index is 6.48. The zero-order chi connectivity index (χ0) is 21.5. The summed E-state index contributed by atoms with van der Waals surface area (Å²) in [5.74, 6) is 2.91. The molecule has 0 bridgehead atoms. The lowest BCUT2D eigenvalue weighted by Crippen LogP contribution is -2.08. The number of ether oxygens (including phenoxy) is 1. The number of thioether (sulfide) groups is 1. The summed E-state index contributed by atoms with van der Waals surface area (Å²) < 4.78 is 5.23. The standard InChI is InChI=1S/C25H24N4OS/c1-30-21-14-12-18(13-15-21)16-27-24-22(26)25(31-17-19-8-4-2-5-9-19)29-23(28-24)20-10-6-3-7-11-20/h2-15H,16-17,26H2,1H3,(H,27,28,29). The van der Waals surface area contributed by atoms with Gasteiger partial charge >= 0.3 is 0 Å². The number of nitrogens with one attached hydrogen (secondary N) is 1. The predicted octanol–water partition coefficient (Wildman–Crippen LogP) is 5.64. The van der Waals surface area contributed by atoms with Crippen LogP contribution >= 0.6 is 11.8 Å². The fourth-order valence-electron chi connectivity index (χ4n) is 3.07. The van der Waals surface area contributed by atoms with Crippen LogP contribution in [0.3, 0.4) is 0 Å². The van der Waals surface area contributed by atoms with E-state index in [1.54, 1.807) is 18.9 Å². The van der Waals surface area contributed by atoms with Gasteiger partial charge in [0.25, 0.3) is 0 Å². The molecule has 5 nitrogen and oxygen atoms in total. The van der Waals surface area contributed by atoms with E-state index in [0.29, 0.717) is 23.9 Å². The summed E-state index contributed by atoms with van der Waals surface area (Å²) in [6.07, 6.45) is 0. The molecule has 3 N–H and O–H groups in total. The van der Waals surface area contributed by atoms with Crippen LogP contribution in [0.25, 0.3) is 11.4 Å². The van der Waals surface area contributed by atoms with Gasteiger partial charge in [0, 0.05) is 17.9 Å². The van der Waals surface area contributed by atoms with Crippen molar-refractivity contribution >= 4 is 23.3 Å². The Hall–Kier alpha value is -3.51. The summed E-state index contributed by atoms with van der Waals surface area (Å²) in [7, 11) is 1.66. The molecule has 1 aromatic heterocycles. The molecule has 0 amide bonds. The molecular weight excluding hydrogens is 404 g/mol. The van der Waals surface area contributed by atoms with Crippen LogP contribution in [-0.2, 0) is 12.3 Å². The van der Waals surface area contributed by atoms with Crippen LogP contribution in [0, 0.1) is 0 Å². The van der Waals surface area contributed by atoms with Crippen LogP contribution < -0.4 is 15.8 Å². The van der Waals surface area contributed by atoms with E-state index in [-0.39, 0.29) is 0 Å². The number of methoxy groups -OCH3 is 1. The van der Waals surface area contributed by atoms with Gasteiger partial charge in [0.1, 0.15) is 16.5 Å². The van der Waals surface area contributed by atoms with Gasteiger partial charge in [-0.25, -0.2) is 9.97 Å². The van der Waals surface area contributed by atoms with Gasteiger partial charge in [0.15, 0.2) is 11.6 Å². The van der Waals surface area contributed by atoms with Gasteiger partial charge in [-0.3, -0.25) is 0 Å². The lowest BCUT2D eigenvalue weighted by Gasteiger charge is -2.14. The highest BCUT2D eigenvalue weighted by atomic mass is 32.2. The molecule has 0 aliphatic rings. The molecule has 0 fully saturated rings. The molecule has 0 atom stereocenters. The fourth-order valence-corrected chi connectivity index (χ4v) is 3.96. The van der Waals surface area contributed by atoms with Crippen molar-refractivity contribution in [2.45, 2.75) is 17.3 Å². The number of benzene rings is 3. The van der Waals surface area contributed by atoms with E-state index in [9.17, 15) is 0 Å². The van der Waals surface area contributed by atoms with E-state index in [2.05, 4.69) is 17.4 Å². The van der Waals surface area contributed by atoms with Crippen LogP contribution in [0.15, 0.2) is 90.0 Å². The number of nitrogens with zero attached hydrogens (tertiary/aromatic N) is 2. The summed E-state index contributed by atoms with van der Waals surface area (Å²) >= 11 is 1.62. The Kier molecular flexibility index (Phi) is 6.69. The first-order chi connectivity index (χ1) is 15.2. The summed E-state index contributed by atoms with van der Waals surface area (Å²) in [5.41, 5.74) is 10.3. The quantitative estimate of drug-likeness (QED) is 0.279. The number of nitrogens with two attached hydrogens (primary N) is 1. The molecule has 6 heteroatoms. The van der Waals surface area contributed by atoms with Crippen molar-refractivity contribution < 1.29 is 4.74 Å². The second-order valence-corrected chi connectivity index (χ2v) is 7.92. The van der Waals surface area contributed by atoms with Gasteiger partial charge in [0.2, 0.25) is 0 Å². The Morgan fingerprint density at radius 2 is 1.52 bits per heavy atom. The largest absolute Gasteiger partial charge is 0.497 e. The molecule has 156 valence electrons. The third-order valence-corrected chi connectivity index (χ3v) is 5.84. The smallest absolute Gasteiger partial charge is 0.162 e. The molecule has 4 rings (SSSR count). The highest BCUT2D eigenvalue weighted by Gasteiger charge is 2.14. The Bertz CT molecular complexity index is 1120. The highest BCUT2D eigenvalue weighted by Crippen LogP contribution is 2.33. The first-order valence-corrected chi connectivity index (χ1v) is 11.0. The molecule has 0 spiro atoms. The van der Waals surface area contributed by atoms with E-state index in [4.69, 9.17) is 20.4 Å². The number of rotatable bonds is 8. The minimum atomic E-state index is 0.564. The molecule has 0 saturated heterocycles. The molecule has 4 aromatic rings. The van der Waals surface area contributed by atoms with Crippen molar-refractivity contribution in [3.05, 3.63) is 96.1 Å². The predicted molar refractivity (Wildman–Crippen MR) is 128 cm³/mol. The maximum Gasteiger partial charge on any atom is 0.162 e. The van der Waals surface area contributed by atoms with E-state index < -0.39 is 0 Å². The number of nitrogen functional groups attached to an aromatic ring is 1. The van der Waals surface area contributed by atoms with Crippen LogP contribution in [0.2, 0.25) is 0 Å². The Morgan fingerprint density at radius 1 is 0.839 bits per heavy atom. The minimum Gasteiger partial charge on any atom is -0.497 e. The van der Waals surface area contributed by atoms with Gasteiger partial charge < -0.3 is 15.8 Å². The van der Waals surface area contributed by atoms with Gasteiger partial charge in [-0.2, -0.15) is 0 Å². The number of anilines is 2. The Balaban J connectivity index is 1.60. The zero-order valence-corrected chi connectivity index (χ0v) is 18.1. The van der Waals surface area contributed by atoms with Crippen molar-refractivity contribution in [1.29, 1.82) is 0 Å². The minimum absolute atomic E-state index is 0.564. The summed E-state index contributed by atoms with van der Waals surface area (Å²) in [4.78, 5) is 9.49. The van der Waals surface area contributed by atoms with Crippen molar-refractivity contribution in [1.82, 2.24) is 9.97 Å². The van der Waals surface area contributed by atoms with Gasteiger partial charge in [-0.05, 0) is 23.3 Å². The first kappa shape index (κ1) is 20.8. The van der Waals surface area contributed by atoms with E-state index in [1.807, 2.05) is 72.8 Å². The highest BCUT2D eigenvalue weighted by molar-refractivity contribution is 7.98. The van der Waals surface area contributed by atoms with Crippen molar-refractivity contribution in [2.24, 2.45) is 0 Å². The maximum atomic E-state index is 6.48. The normalized spacial score (nSPS) is 10.6. The first-order valence-electron chi connectivity index (χ1n) is 9.99. The SMILES string of the molecule is COc1ccc(CNc2nc(-c3ccccc3)nc(SCc3ccccc3)c2N)cc1. The second kappa shape index (κ2) is 10.00. The second-order valence-electron chi connectivity index (χ2n) is 6.96. The van der Waals surface area contributed by atoms with E-state index in [0.717, 1.165) is 27.7 Å². The van der Waals surface area contributed by atoms with E-state index >= 15 is 0 Å². The number of hydrogen-bond acceptors (Lipinski definition) is 6. The van der Waals surface area contributed by atoms with Gasteiger partial charge in [0.05, 0.1) is 7.11 Å². The topological polar surface area (TPSA) is 73.1 Å². The number of hydrogen-bond donors (Lipinski definition) is 2. The average Bonchev–Trinajstić information content (AvgIpc) is 2.84. The summed E-state index contributed by atoms with van der Waals surface area (Å²) in [6.45, 7) is 0.599. The molecule has 31 heavy (non-hydrogen) atoms. The van der Waals surface area contributed by atoms with Gasteiger partial charge in [-0.15, -0.1) is 0 Å². The summed E-state index contributed by atoms with van der Waals surface area (Å²) in [6, 6.07) is 28.2. The molecule has 0 aliphatic carbocycles. The Morgan fingerprint density at radius 3 is 2.19 bits per heavy atom. The van der Waals surface area contributed by atoms with Crippen LogP contribution in [-0.4, -0.2) is 17.1 Å². The van der Waals surface area contributed by atoms with Crippen molar-refractivity contribution in [3.63, 3.8) is 0 Å². The molecule has 0 saturated carbocycles. The Labute approximate surface area is 186 Å². The van der Waals surface area contributed by atoms with E-state index in [1.165, 1.54) is 5.56 Å². The molecule has 3 aromatic carbocycles. The molecule has 0 unspecified atom stereocenters. The third kappa shape index (κ3) is 5.35. The number of aromatic nitrogens is 2. The lowest BCUT2D eigenvalue weighted by atomic mass is 10.2. The zero-order valence-electron chi connectivity index (χ0n) is 17.3. The molecule has 0 aliphatic heterocycles. The average molecular weight is 429 g/mol. The molecular formula is C25H24N4OS. The van der Waals surface area contributed by atoms with Gasteiger partial charge in [-0.1, -0.05) is 84.6 Å². The van der Waals surface area contributed by atoms with Crippen LogP contribution in [0.1, 0.15) is 11.1 Å². The van der Waals surface area contributed by atoms with Crippen molar-refractivity contribution in [3.8, 4) is 17.1 Å². The third-order valence-electron chi connectivity index (χ3n) is 4.78. The van der Waals surface area contributed by atoms with Crippen molar-refractivity contribution in [2.75, 3.05) is 18.2 Å². The summed E-state index contributed by atoms with van der Waals surface area (Å²) in [5, 5.41) is 4.16. The molecule has 1 heterocycles. The monoisotopic (exact) mass is 428 g/mol. The molecule has 0 radical (unpaired) electrons.